The SMILES string of the molecule is CNC(=O)c1cccc(NC(=O)c2cc(Cl)ccc2OC)c1. The van der Waals surface area contributed by atoms with Gasteiger partial charge in [0.2, 0.25) is 0 Å². The fourth-order valence-electron chi connectivity index (χ4n) is 1.94. The van der Waals surface area contributed by atoms with Crippen LogP contribution in [-0.4, -0.2) is 26.0 Å². The van der Waals surface area contributed by atoms with Crippen molar-refractivity contribution in [3.05, 3.63) is 58.6 Å². The minimum Gasteiger partial charge on any atom is -0.496 e. The summed E-state index contributed by atoms with van der Waals surface area (Å²) in [6, 6.07) is 11.4. The average molecular weight is 319 g/mol. The standard InChI is InChI=1S/C16H15ClN2O3/c1-18-15(20)10-4-3-5-12(8-10)19-16(21)13-9-11(17)6-7-14(13)22-2/h3-9H,1-2H3,(H,18,20)(H,19,21). The van der Waals surface area contributed by atoms with Crippen molar-refractivity contribution in [3.8, 4) is 5.75 Å². The van der Waals surface area contributed by atoms with E-state index in [1.807, 2.05) is 0 Å². The Morgan fingerprint density at radius 2 is 1.86 bits per heavy atom. The third-order valence-electron chi connectivity index (χ3n) is 3.02. The van der Waals surface area contributed by atoms with Crippen molar-refractivity contribution >= 4 is 29.1 Å². The van der Waals surface area contributed by atoms with E-state index in [9.17, 15) is 9.59 Å². The maximum absolute atomic E-state index is 12.3. The summed E-state index contributed by atoms with van der Waals surface area (Å²) in [7, 11) is 3.02. The lowest BCUT2D eigenvalue weighted by atomic mass is 10.1. The molecule has 0 saturated carbocycles. The summed E-state index contributed by atoms with van der Waals surface area (Å²) >= 11 is 5.92. The Hall–Kier alpha value is -2.53. The molecule has 0 heterocycles. The van der Waals surface area contributed by atoms with Crippen LogP contribution in [0.4, 0.5) is 5.69 Å². The van der Waals surface area contributed by atoms with Gasteiger partial charge in [-0.15, -0.1) is 0 Å². The van der Waals surface area contributed by atoms with E-state index in [0.29, 0.717) is 27.6 Å². The molecule has 114 valence electrons. The van der Waals surface area contributed by atoms with Gasteiger partial charge in [-0.2, -0.15) is 0 Å². The van der Waals surface area contributed by atoms with Gasteiger partial charge in [0.15, 0.2) is 0 Å². The number of benzene rings is 2. The predicted molar refractivity (Wildman–Crippen MR) is 85.8 cm³/mol. The summed E-state index contributed by atoms with van der Waals surface area (Å²) in [5.74, 6) is -0.172. The van der Waals surface area contributed by atoms with Gasteiger partial charge in [0.25, 0.3) is 11.8 Å². The molecule has 22 heavy (non-hydrogen) atoms. The zero-order valence-corrected chi connectivity index (χ0v) is 12.9. The van der Waals surface area contributed by atoms with Crippen LogP contribution in [0.25, 0.3) is 0 Å². The maximum Gasteiger partial charge on any atom is 0.259 e. The average Bonchev–Trinajstić information content (AvgIpc) is 2.54. The summed E-state index contributed by atoms with van der Waals surface area (Å²) in [6.07, 6.45) is 0. The van der Waals surface area contributed by atoms with Crippen LogP contribution in [0.1, 0.15) is 20.7 Å². The zero-order chi connectivity index (χ0) is 16.1. The van der Waals surface area contributed by atoms with Crippen molar-refractivity contribution in [2.75, 3.05) is 19.5 Å². The van der Waals surface area contributed by atoms with Crippen LogP contribution in [0.3, 0.4) is 0 Å². The van der Waals surface area contributed by atoms with Gasteiger partial charge in [-0.25, -0.2) is 0 Å². The maximum atomic E-state index is 12.3. The molecular formula is C16H15ClN2O3. The summed E-state index contributed by atoms with van der Waals surface area (Å²) < 4.78 is 5.15. The number of ether oxygens (including phenoxy) is 1. The van der Waals surface area contributed by atoms with Crippen LogP contribution in [0.15, 0.2) is 42.5 Å². The Balaban J connectivity index is 2.26. The van der Waals surface area contributed by atoms with Gasteiger partial charge in [0.05, 0.1) is 12.7 Å². The molecule has 2 aromatic carbocycles. The molecule has 0 spiro atoms. The Kier molecular flexibility index (Phi) is 5.01. The van der Waals surface area contributed by atoms with E-state index < -0.39 is 0 Å². The van der Waals surface area contributed by atoms with Crippen LogP contribution >= 0.6 is 11.6 Å². The van der Waals surface area contributed by atoms with Gasteiger partial charge < -0.3 is 15.4 Å². The first kappa shape index (κ1) is 15.9. The van der Waals surface area contributed by atoms with Crippen LogP contribution in [0.5, 0.6) is 5.75 Å². The van der Waals surface area contributed by atoms with Crippen molar-refractivity contribution in [1.82, 2.24) is 5.32 Å². The molecular weight excluding hydrogens is 304 g/mol. The van der Waals surface area contributed by atoms with Crippen molar-refractivity contribution in [2.24, 2.45) is 0 Å². The molecule has 0 atom stereocenters. The second-order valence-electron chi connectivity index (χ2n) is 4.46. The molecule has 0 aliphatic carbocycles. The largest absolute Gasteiger partial charge is 0.496 e. The molecule has 2 aromatic rings. The molecule has 6 heteroatoms. The van der Waals surface area contributed by atoms with Gasteiger partial charge in [-0.3, -0.25) is 9.59 Å². The topological polar surface area (TPSA) is 67.4 Å². The Morgan fingerprint density at radius 3 is 2.55 bits per heavy atom. The van der Waals surface area contributed by atoms with Gasteiger partial charge in [0, 0.05) is 23.3 Å². The van der Waals surface area contributed by atoms with Crippen LogP contribution in [-0.2, 0) is 0 Å². The van der Waals surface area contributed by atoms with Crippen molar-refractivity contribution in [3.63, 3.8) is 0 Å². The molecule has 0 aromatic heterocycles. The van der Waals surface area contributed by atoms with Crippen molar-refractivity contribution in [1.29, 1.82) is 0 Å². The van der Waals surface area contributed by atoms with Gasteiger partial charge in [-0.1, -0.05) is 17.7 Å². The fraction of sp³-hybridized carbons (Fsp3) is 0.125. The van der Waals surface area contributed by atoms with E-state index in [0.717, 1.165) is 0 Å². The lowest BCUT2D eigenvalue weighted by Gasteiger charge is -2.10. The van der Waals surface area contributed by atoms with Crippen LogP contribution in [0.2, 0.25) is 5.02 Å². The number of methoxy groups -OCH3 is 1. The van der Waals surface area contributed by atoms with Crippen LogP contribution < -0.4 is 15.4 Å². The molecule has 0 aliphatic heterocycles. The fourth-order valence-corrected chi connectivity index (χ4v) is 2.11. The van der Waals surface area contributed by atoms with E-state index in [4.69, 9.17) is 16.3 Å². The number of anilines is 1. The van der Waals surface area contributed by atoms with Gasteiger partial charge >= 0.3 is 0 Å². The molecule has 2 rings (SSSR count). The highest BCUT2D eigenvalue weighted by Crippen LogP contribution is 2.24. The molecule has 2 N–H and O–H groups in total. The molecule has 0 bridgehead atoms. The first-order chi connectivity index (χ1) is 10.5. The number of halogens is 1. The summed E-state index contributed by atoms with van der Waals surface area (Å²) in [6.45, 7) is 0. The van der Waals surface area contributed by atoms with E-state index >= 15 is 0 Å². The zero-order valence-electron chi connectivity index (χ0n) is 12.1. The third kappa shape index (κ3) is 3.56. The molecule has 0 aliphatic rings. The summed E-state index contributed by atoms with van der Waals surface area (Å²) in [5, 5.41) is 5.69. The molecule has 2 amide bonds. The van der Waals surface area contributed by atoms with Gasteiger partial charge in [0.1, 0.15) is 5.75 Å². The summed E-state index contributed by atoms with van der Waals surface area (Å²) in [5.41, 5.74) is 1.28. The number of hydrogen-bond donors (Lipinski definition) is 2. The van der Waals surface area contributed by atoms with Crippen LogP contribution in [0, 0.1) is 0 Å². The minimum absolute atomic E-state index is 0.226. The third-order valence-corrected chi connectivity index (χ3v) is 3.25. The van der Waals surface area contributed by atoms with Gasteiger partial charge in [-0.05, 0) is 36.4 Å². The molecule has 0 radical (unpaired) electrons. The number of carbonyl (C=O) groups excluding carboxylic acids is 2. The highest BCUT2D eigenvalue weighted by Gasteiger charge is 2.14. The molecule has 0 saturated heterocycles. The number of hydrogen-bond acceptors (Lipinski definition) is 3. The Bertz CT molecular complexity index is 716. The van der Waals surface area contributed by atoms with E-state index in [1.165, 1.54) is 13.2 Å². The number of amides is 2. The lowest BCUT2D eigenvalue weighted by molar-refractivity contribution is 0.0961. The quantitative estimate of drug-likeness (QED) is 0.910. The number of rotatable bonds is 4. The predicted octanol–water partition coefficient (Wildman–Crippen LogP) is 2.96. The first-order valence-electron chi connectivity index (χ1n) is 6.52. The smallest absolute Gasteiger partial charge is 0.259 e. The molecule has 0 unspecified atom stereocenters. The lowest BCUT2D eigenvalue weighted by Crippen LogP contribution is -2.18. The molecule has 5 nitrogen and oxygen atoms in total. The second-order valence-corrected chi connectivity index (χ2v) is 4.90. The number of carbonyl (C=O) groups is 2. The van der Waals surface area contributed by atoms with E-state index in [-0.39, 0.29) is 11.8 Å². The molecule has 0 fully saturated rings. The van der Waals surface area contributed by atoms with E-state index in [2.05, 4.69) is 10.6 Å². The monoisotopic (exact) mass is 318 g/mol. The minimum atomic E-state index is -0.367. The second kappa shape index (κ2) is 6.95. The van der Waals surface area contributed by atoms with Crippen molar-refractivity contribution < 1.29 is 14.3 Å². The highest BCUT2D eigenvalue weighted by molar-refractivity contribution is 6.31. The Morgan fingerprint density at radius 1 is 1.09 bits per heavy atom. The summed E-state index contributed by atoms with van der Waals surface area (Å²) in [4.78, 5) is 24.0. The normalized spacial score (nSPS) is 9.95. The highest BCUT2D eigenvalue weighted by atomic mass is 35.5. The van der Waals surface area contributed by atoms with E-state index in [1.54, 1.807) is 43.4 Å². The van der Waals surface area contributed by atoms with Crippen molar-refractivity contribution in [2.45, 2.75) is 0 Å². The number of nitrogens with one attached hydrogen (secondary N) is 2. The Labute approximate surface area is 133 Å². The first-order valence-corrected chi connectivity index (χ1v) is 6.90.